The molecule has 17 heavy (non-hydrogen) atoms. The number of hydrogen-bond acceptors (Lipinski definition) is 3. The third kappa shape index (κ3) is 3.06. The molecule has 0 radical (unpaired) electrons. The SMILES string of the molecule is CC(C)c1cc(NC(=O)C2CCOCC2)n[nH]1. The van der Waals surface area contributed by atoms with Crippen molar-refractivity contribution in [3.05, 3.63) is 11.8 Å². The van der Waals surface area contributed by atoms with Crippen molar-refractivity contribution in [1.82, 2.24) is 10.2 Å². The fraction of sp³-hybridized carbons (Fsp3) is 0.667. The van der Waals surface area contributed by atoms with Crippen LogP contribution in [0.25, 0.3) is 0 Å². The van der Waals surface area contributed by atoms with E-state index in [1.54, 1.807) is 0 Å². The van der Waals surface area contributed by atoms with Gasteiger partial charge < -0.3 is 10.1 Å². The van der Waals surface area contributed by atoms with Crippen molar-refractivity contribution < 1.29 is 9.53 Å². The first kappa shape index (κ1) is 12.1. The van der Waals surface area contributed by atoms with Crippen LogP contribution in [-0.4, -0.2) is 29.3 Å². The van der Waals surface area contributed by atoms with Crippen LogP contribution in [0.15, 0.2) is 6.07 Å². The Hall–Kier alpha value is -1.36. The number of H-pyrrole nitrogens is 1. The normalized spacial score (nSPS) is 17.4. The van der Waals surface area contributed by atoms with Gasteiger partial charge in [0.1, 0.15) is 0 Å². The van der Waals surface area contributed by atoms with Crippen molar-refractivity contribution in [1.29, 1.82) is 0 Å². The monoisotopic (exact) mass is 237 g/mol. The molecule has 2 N–H and O–H groups in total. The van der Waals surface area contributed by atoms with E-state index in [1.807, 2.05) is 6.07 Å². The van der Waals surface area contributed by atoms with Crippen LogP contribution in [-0.2, 0) is 9.53 Å². The average Bonchev–Trinajstić information content (AvgIpc) is 2.79. The number of carbonyl (C=O) groups excluding carboxylic acids is 1. The van der Waals surface area contributed by atoms with Gasteiger partial charge in [-0.25, -0.2) is 0 Å². The Bertz CT molecular complexity index is 381. The molecule has 0 aromatic carbocycles. The van der Waals surface area contributed by atoms with Gasteiger partial charge in [-0.1, -0.05) is 13.8 Å². The first-order valence-electron chi connectivity index (χ1n) is 6.10. The van der Waals surface area contributed by atoms with Gasteiger partial charge in [0.25, 0.3) is 0 Å². The summed E-state index contributed by atoms with van der Waals surface area (Å²) < 4.78 is 5.23. The van der Waals surface area contributed by atoms with Crippen LogP contribution in [0.5, 0.6) is 0 Å². The highest BCUT2D eigenvalue weighted by Crippen LogP contribution is 2.18. The molecular weight excluding hydrogens is 218 g/mol. The molecule has 5 heteroatoms. The maximum absolute atomic E-state index is 11.9. The Morgan fingerprint density at radius 3 is 2.82 bits per heavy atom. The lowest BCUT2D eigenvalue weighted by Gasteiger charge is -2.20. The summed E-state index contributed by atoms with van der Waals surface area (Å²) in [5.74, 6) is 1.11. The topological polar surface area (TPSA) is 67.0 Å². The first-order chi connectivity index (χ1) is 8.16. The fourth-order valence-electron chi connectivity index (χ4n) is 1.88. The van der Waals surface area contributed by atoms with E-state index < -0.39 is 0 Å². The molecule has 1 aliphatic rings. The third-order valence-electron chi connectivity index (χ3n) is 3.06. The summed E-state index contributed by atoms with van der Waals surface area (Å²) in [6.07, 6.45) is 1.60. The number of aromatic nitrogens is 2. The molecule has 0 saturated carbocycles. The van der Waals surface area contributed by atoms with Gasteiger partial charge >= 0.3 is 0 Å². The van der Waals surface area contributed by atoms with Crippen molar-refractivity contribution in [3.63, 3.8) is 0 Å². The Morgan fingerprint density at radius 1 is 1.53 bits per heavy atom. The number of hydrogen-bond donors (Lipinski definition) is 2. The summed E-state index contributed by atoms with van der Waals surface area (Å²) in [4.78, 5) is 11.9. The molecule has 2 rings (SSSR count). The number of rotatable bonds is 3. The van der Waals surface area contributed by atoms with Gasteiger partial charge in [0, 0.05) is 30.9 Å². The molecule has 1 aliphatic heterocycles. The van der Waals surface area contributed by atoms with E-state index in [0.717, 1.165) is 18.5 Å². The van der Waals surface area contributed by atoms with Crippen LogP contribution in [0.4, 0.5) is 5.82 Å². The molecule has 5 nitrogen and oxygen atoms in total. The molecule has 0 spiro atoms. The molecule has 1 fully saturated rings. The van der Waals surface area contributed by atoms with E-state index in [1.165, 1.54) is 0 Å². The number of anilines is 1. The number of nitrogens with one attached hydrogen (secondary N) is 2. The molecule has 1 saturated heterocycles. The standard InChI is InChI=1S/C12H19N3O2/c1-8(2)10-7-11(15-14-10)13-12(16)9-3-5-17-6-4-9/h7-9H,3-6H2,1-2H3,(H2,13,14,15,16). The summed E-state index contributed by atoms with van der Waals surface area (Å²) in [6, 6.07) is 1.89. The van der Waals surface area contributed by atoms with Gasteiger partial charge in [-0.3, -0.25) is 9.89 Å². The molecule has 1 amide bonds. The lowest BCUT2D eigenvalue weighted by Crippen LogP contribution is -2.28. The van der Waals surface area contributed by atoms with Crippen LogP contribution in [0.2, 0.25) is 0 Å². The second kappa shape index (κ2) is 5.31. The van der Waals surface area contributed by atoms with Crippen molar-refractivity contribution in [3.8, 4) is 0 Å². The molecule has 2 heterocycles. The lowest BCUT2D eigenvalue weighted by molar-refractivity contribution is -0.122. The molecule has 1 aromatic rings. The summed E-state index contributed by atoms with van der Waals surface area (Å²) in [6.45, 7) is 5.51. The maximum atomic E-state index is 11.9. The van der Waals surface area contributed by atoms with E-state index >= 15 is 0 Å². The number of carbonyl (C=O) groups is 1. The number of nitrogens with zero attached hydrogens (tertiary/aromatic N) is 1. The molecule has 0 bridgehead atoms. The first-order valence-corrected chi connectivity index (χ1v) is 6.10. The summed E-state index contributed by atoms with van der Waals surface area (Å²) in [7, 11) is 0. The van der Waals surface area contributed by atoms with Crippen LogP contribution < -0.4 is 5.32 Å². The minimum absolute atomic E-state index is 0.0510. The van der Waals surface area contributed by atoms with E-state index in [2.05, 4.69) is 29.4 Å². The lowest BCUT2D eigenvalue weighted by atomic mass is 9.99. The second-order valence-corrected chi connectivity index (χ2v) is 4.74. The Labute approximate surface area is 101 Å². The summed E-state index contributed by atoms with van der Waals surface area (Å²) in [5, 5.41) is 9.86. The molecule has 94 valence electrons. The van der Waals surface area contributed by atoms with Crippen molar-refractivity contribution in [2.75, 3.05) is 18.5 Å². The minimum Gasteiger partial charge on any atom is -0.381 e. The molecule has 0 unspecified atom stereocenters. The van der Waals surface area contributed by atoms with Gasteiger partial charge in [0.2, 0.25) is 5.91 Å². The Kier molecular flexibility index (Phi) is 3.78. The van der Waals surface area contributed by atoms with E-state index in [4.69, 9.17) is 4.74 Å². The Balaban J connectivity index is 1.92. The second-order valence-electron chi connectivity index (χ2n) is 4.74. The van der Waals surface area contributed by atoms with Gasteiger partial charge in [0.05, 0.1) is 0 Å². The Morgan fingerprint density at radius 2 is 2.24 bits per heavy atom. The third-order valence-corrected chi connectivity index (χ3v) is 3.06. The maximum Gasteiger partial charge on any atom is 0.228 e. The molecule has 1 aromatic heterocycles. The fourth-order valence-corrected chi connectivity index (χ4v) is 1.88. The highest BCUT2D eigenvalue weighted by Gasteiger charge is 2.22. The zero-order valence-electron chi connectivity index (χ0n) is 10.3. The summed E-state index contributed by atoms with van der Waals surface area (Å²) in [5.41, 5.74) is 1.03. The van der Waals surface area contributed by atoms with Gasteiger partial charge in [0.15, 0.2) is 5.82 Å². The van der Waals surface area contributed by atoms with Crippen molar-refractivity contribution in [2.45, 2.75) is 32.6 Å². The predicted octanol–water partition coefficient (Wildman–Crippen LogP) is 1.90. The summed E-state index contributed by atoms with van der Waals surface area (Å²) >= 11 is 0. The zero-order chi connectivity index (χ0) is 12.3. The molecular formula is C12H19N3O2. The van der Waals surface area contributed by atoms with Crippen molar-refractivity contribution in [2.24, 2.45) is 5.92 Å². The zero-order valence-corrected chi connectivity index (χ0v) is 10.3. The van der Waals surface area contributed by atoms with Crippen LogP contribution >= 0.6 is 0 Å². The van der Waals surface area contributed by atoms with Crippen molar-refractivity contribution >= 4 is 11.7 Å². The highest BCUT2D eigenvalue weighted by molar-refractivity contribution is 5.91. The van der Waals surface area contributed by atoms with E-state index in [-0.39, 0.29) is 11.8 Å². The highest BCUT2D eigenvalue weighted by atomic mass is 16.5. The quantitative estimate of drug-likeness (QED) is 0.843. The van der Waals surface area contributed by atoms with Crippen LogP contribution in [0, 0.1) is 5.92 Å². The molecule has 0 atom stereocenters. The van der Waals surface area contributed by atoms with E-state index in [0.29, 0.717) is 24.9 Å². The predicted molar refractivity (Wildman–Crippen MR) is 64.8 cm³/mol. The van der Waals surface area contributed by atoms with Gasteiger partial charge in [-0.15, -0.1) is 0 Å². The number of amides is 1. The number of ether oxygens (including phenoxy) is 1. The largest absolute Gasteiger partial charge is 0.381 e. The molecule has 0 aliphatic carbocycles. The minimum atomic E-state index is 0.0510. The number of aromatic amines is 1. The van der Waals surface area contributed by atoms with Crippen LogP contribution in [0.3, 0.4) is 0 Å². The smallest absolute Gasteiger partial charge is 0.228 e. The van der Waals surface area contributed by atoms with Gasteiger partial charge in [-0.05, 0) is 18.8 Å². The van der Waals surface area contributed by atoms with Gasteiger partial charge in [-0.2, -0.15) is 5.10 Å². The van der Waals surface area contributed by atoms with E-state index in [9.17, 15) is 4.79 Å². The van der Waals surface area contributed by atoms with Crippen LogP contribution in [0.1, 0.15) is 38.3 Å². The average molecular weight is 237 g/mol.